The molecule has 3 aromatic carbocycles. The van der Waals surface area contributed by atoms with Gasteiger partial charge in [-0.1, -0.05) is 99.7 Å². The number of benzene rings is 3. The van der Waals surface area contributed by atoms with Gasteiger partial charge in [0.15, 0.2) is 19.7 Å². The minimum Gasteiger partial charge on any atom is -0.0933 e. The molecule has 0 bridgehead atoms. The first-order chi connectivity index (χ1) is 11.9. The van der Waals surface area contributed by atoms with Crippen molar-refractivity contribution in [3.8, 4) is 0 Å². The van der Waals surface area contributed by atoms with Crippen LogP contribution in [0.25, 0.3) is 0 Å². The van der Waals surface area contributed by atoms with E-state index in [-0.39, 0.29) is 0 Å². The van der Waals surface area contributed by atoms with Crippen LogP contribution in [0.5, 0.6) is 0 Å². The van der Waals surface area contributed by atoms with E-state index < -0.39 is 13.7 Å². The molecule has 0 atom stereocenters. The summed E-state index contributed by atoms with van der Waals surface area (Å²) >= 11 is 17.7. The van der Waals surface area contributed by atoms with Crippen molar-refractivity contribution in [3.05, 3.63) is 96.1 Å². The third-order valence-corrected chi connectivity index (χ3v) is 7.36. The van der Waals surface area contributed by atoms with Crippen LogP contribution in [0.2, 0.25) is 0 Å². The summed E-state index contributed by atoms with van der Waals surface area (Å²) in [5.41, 5.74) is 1.52. The monoisotopic (exact) mass is 409 g/mol. The van der Waals surface area contributed by atoms with Crippen LogP contribution in [0, 0.1) is 0 Å². The van der Waals surface area contributed by atoms with Gasteiger partial charge in [0.25, 0.3) is 0 Å². The van der Waals surface area contributed by atoms with Gasteiger partial charge in [0.1, 0.15) is 5.75 Å². The average Bonchev–Trinajstić information content (AvgIpc) is 2.63. The first kappa shape index (κ1) is 18.5. The van der Waals surface area contributed by atoms with Crippen molar-refractivity contribution in [1.29, 1.82) is 0 Å². The van der Waals surface area contributed by atoms with E-state index in [0.29, 0.717) is 11.3 Å². The first-order valence-electron chi connectivity index (χ1n) is 7.68. The number of hydrogen-bond donors (Lipinski definition) is 0. The van der Waals surface area contributed by atoms with Crippen LogP contribution in [-0.2, 0) is 23.7 Å². The van der Waals surface area contributed by atoms with Gasteiger partial charge in [0, 0.05) is 11.1 Å². The predicted octanol–water partition coefficient (Wildman–Crippen LogP) is 6.63. The zero-order chi connectivity index (χ0) is 17.9. The largest absolute Gasteiger partial charge is 0.216 e. The zero-order valence-electron chi connectivity index (χ0n) is 13.2. The van der Waals surface area contributed by atoms with E-state index in [1.165, 1.54) is 0 Å². The Bertz CT molecular complexity index is 829. The lowest BCUT2D eigenvalue weighted by Gasteiger charge is -2.14. The van der Waals surface area contributed by atoms with Crippen LogP contribution >= 0.6 is 34.8 Å². The lowest BCUT2D eigenvalue weighted by atomic mass is 10.2. The fourth-order valence-corrected chi connectivity index (χ4v) is 5.45. The molecule has 5 heteroatoms. The Morgan fingerprint density at radius 3 is 1.52 bits per heavy atom. The molecule has 0 aliphatic carbocycles. The molecule has 0 radical (unpaired) electrons. The van der Waals surface area contributed by atoms with Crippen LogP contribution in [-0.4, -0.2) is 0 Å². The molecule has 1 nitrogen and oxygen atoms in total. The number of alkyl halides is 3. The lowest BCUT2D eigenvalue weighted by Crippen LogP contribution is -2.15. The summed E-state index contributed by atoms with van der Waals surface area (Å²) in [5, 5.41) is 0. The molecule has 0 heterocycles. The Morgan fingerprint density at radius 1 is 0.680 bits per heavy atom. The highest BCUT2D eigenvalue weighted by Gasteiger charge is 2.34. The van der Waals surface area contributed by atoms with Gasteiger partial charge in [-0.3, -0.25) is 0 Å². The van der Waals surface area contributed by atoms with Crippen LogP contribution in [0.15, 0.2) is 94.7 Å². The maximum atomic E-state index is 14.0. The summed E-state index contributed by atoms with van der Waals surface area (Å²) < 4.78 is 12.5. The van der Waals surface area contributed by atoms with Crippen molar-refractivity contribution in [2.75, 3.05) is 0 Å². The van der Waals surface area contributed by atoms with Gasteiger partial charge in [0.05, 0.1) is 0 Å². The normalized spacial score (nSPS) is 12.1. The fourth-order valence-electron chi connectivity index (χ4n) is 2.61. The Hall–Kier alpha value is -1.32. The predicted molar refractivity (Wildman–Crippen MR) is 107 cm³/mol. The highest BCUT2D eigenvalue weighted by Crippen LogP contribution is 2.39. The molecule has 0 unspecified atom stereocenters. The van der Waals surface area contributed by atoms with Crippen LogP contribution in [0.1, 0.15) is 11.1 Å². The molecule has 0 saturated carbocycles. The maximum Gasteiger partial charge on any atom is 0.216 e. The highest BCUT2D eigenvalue weighted by molar-refractivity contribution is 8.02. The molecule has 0 aromatic heterocycles. The Labute approximate surface area is 164 Å². The minimum absolute atomic E-state index is 0.390. The van der Waals surface area contributed by atoms with Crippen molar-refractivity contribution in [2.24, 2.45) is 0 Å². The molecule has 0 fully saturated rings. The van der Waals surface area contributed by atoms with Crippen molar-refractivity contribution < 1.29 is 4.21 Å². The van der Waals surface area contributed by atoms with E-state index in [2.05, 4.69) is 0 Å². The summed E-state index contributed by atoms with van der Waals surface area (Å²) in [6, 6.07) is 26.4. The maximum absolute atomic E-state index is 14.0. The van der Waals surface area contributed by atoms with Gasteiger partial charge in [-0.25, -0.2) is 0 Å². The second-order valence-corrected chi connectivity index (χ2v) is 10.5. The van der Waals surface area contributed by atoms with Gasteiger partial charge in [-0.05, 0) is 24.3 Å². The summed E-state index contributed by atoms with van der Waals surface area (Å²) in [5.74, 6) is 0.390. The topological polar surface area (TPSA) is 17.1 Å². The molecule has 0 aliphatic heterocycles. The molecule has 3 aromatic rings. The van der Waals surface area contributed by atoms with Crippen LogP contribution in [0.3, 0.4) is 0 Å². The van der Waals surface area contributed by atoms with Gasteiger partial charge >= 0.3 is 0 Å². The fraction of sp³-hybridized carbons (Fsp3) is 0.100. The smallest absolute Gasteiger partial charge is 0.0933 e. The summed E-state index contributed by atoms with van der Waals surface area (Å²) in [4.78, 5) is 1.62. The third kappa shape index (κ3) is 4.27. The Balaban J connectivity index is 2.01. The average molecular weight is 411 g/mol. The van der Waals surface area contributed by atoms with E-state index in [4.69, 9.17) is 34.8 Å². The van der Waals surface area contributed by atoms with E-state index >= 15 is 0 Å². The first-order valence-corrected chi connectivity index (χ1v) is 10.5. The molecule has 3 rings (SSSR count). The number of halogens is 3. The van der Waals surface area contributed by atoms with Gasteiger partial charge in [-0.2, -0.15) is 0 Å². The SMILES string of the molecule is O=[S+](Cc1ccc(C(Cl)(Cl)Cl)cc1)(c1ccccc1)c1ccccc1. The van der Waals surface area contributed by atoms with Gasteiger partial charge < -0.3 is 0 Å². The van der Waals surface area contributed by atoms with Crippen LogP contribution in [0.4, 0.5) is 0 Å². The zero-order valence-corrected chi connectivity index (χ0v) is 16.3. The van der Waals surface area contributed by atoms with E-state index in [1.807, 2.05) is 72.8 Å². The molecule has 0 N–H and O–H groups in total. The van der Waals surface area contributed by atoms with Crippen molar-refractivity contribution in [2.45, 2.75) is 19.3 Å². The van der Waals surface area contributed by atoms with E-state index in [0.717, 1.165) is 15.4 Å². The van der Waals surface area contributed by atoms with Gasteiger partial charge in [-0.15, -0.1) is 0 Å². The second-order valence-electron chi connectivity index (χ2n) is 5.64. The molecule has 0 amide bonds. The Kier molecular flexibility index (Phi) is 5.55. The summed E-state index contributed by atoms with van der Waals surface area (Å²) in [7, 11) is -2.45. The second kappa shape index (κ2) is 7.51. The number of rotatable bonds is 4. The highest BCUT2D eigenvalue weighted by atomic mass is 35.6. The minimum atomic E-state index is -2.45. The summed E-state index contributed by atoms with van der Waals surface area (Å²) in [6.45, 7) is 0. The quantitative estimate of drug-likeness (QED) is 0.348. The molecule has 25 heavy (non-hydrogen) atoms. The lowest BCUT2D eigenvalue weighted by molar-refractivity contribution is 0.583. The van der Waals surface area contributed by atoms with Crippen molar-refractivity contribution >= 4 is 44.7 Å². The molecule has 0 saturated heterocycles. The van der Waals surface area contributed by atoms with Crippen molar-refractivity contribution in [1.82, 2.24) is 0 Å². The van der Waals surface area contributed by atoms with Crippen molar-refractivity contribution in [3.63, 3.8) is 0 Å². The molecular weight excluding hydrogens is 395 g/mol. The molecular formula is C20H16Cl3OS+. The van der Waals surface area contributed by atoms with E-state index in [9.17, 15) is 4.21 Å². The van der Waals surface area contributed by atoms with Crippen LogP contribution < -0.4 is 0 Å². The standard InChI is InChI=1S/C20H16Cl3OS/c21-20(22,23)17-13-11-16(12-14-17)15-25(24,18-7-3-1-4-8-18)19-9-5-2-6-10-19/h1-14H,15H2/q+1. The number of hydrogen-bond acceptors (Lipinski definition) is 1. The van der Waals surface area contributed by atoms with Gasteiger partial charge in [0.2, 0.25) is 3.79 Å². The van der Waals surface area contributed by atoms with E-state index in [1.54, 1.807) is 12.1 Å². The third-order valence-electron chi connectivity index (χ3n) is 3.90. The summed E-state index contributed by atoms with van der Waals surface area (Å²) in [6.07, 6.45) is 0. The molecule has 0 aliphatic rings. The molecule has 0 spiro atoms. The Morgan fingerprint density at radius 2 is 1.12 bits per heavy atom. The molecule has 128 valence electrons.